The molecule has 0 saturated carbocycles. The number of carbonyl (C=O) groups excluding carboxylic acids is 2. The van der Waals surface area contributed by atoms with Gasteiger partial charge < -0.3 is 19.5 Å². The minimum atomic E-state index is -0.566. The zero-order valence-electron chi connectivity index (χ0n) is 22.3. The largest absolute Gasteiger partial charge is 0.494 e. The number of fused-ring (bicyclic) bond motifs is 1. The molecule has 0 radical (unpaired) electrons. The highest BCUT2D eigenvalue weighted by Gasteiger charge is 2.33. The second-order valence-corrected chi connectivity index (χ2v) is 10.4. The average Bonchev–Trinajstić information content (AvgIpc) is 3.31. The Labute approximate surface area is 224 Å². The summed E-state index contributed by atoms with van der Waals surface area (Å²) in [4.78, 5) is 27.4. The Balaban J connectivity index is 1.40. The van der Waals surface area contributed by atoms with E-state index in [0.717, 1.165) is 11.1 Å². The third kappa shape index (κ3) is 7.83. The number of alkyl carbamates (subject to hydrolysis) is 1. The predicted molar refractivity (Wildman–Crippen MR) is 145 cm³/mol. The van der Waals surface area contributed by atoms with Crippen molar-refractivity contribution in [1.82, 2.24) is 10.2 Å². The Morgan fingerprint density at radius 1 is 0.921 bits per heavy atom. The first kappa shape index (κ1) is 27.2. The van der Waals surface area contributed by atoms with Gasteiger partial charge in [0.2, 0.25) is 0 Å². The first-order valence-corrected chi connectivity index (χ1v) is 13.0. The van der Waals surface area contributed by atoms with E-state index in [9.17, 15) is 9.59 Å². The van der Waals surface area contributed by atoms with Gasteiger partial charge in [0.25, 0.3) is 0 Å². The molecular weight excluding hydrogens is 480 g/mol. The first-order chi connectivity index (χ1) is 18.3. The maximum absolute atomic E-state index is 13.5. The standard InChI is InChI=1S/C31H36N2O5/c1-31(2,3)38-30(35)32-17-10-18-36-27-16-9-15-24(19-27)28(29(34)37-22-23-11-5-4-6-12-23)33-20-25-13-7-8-14-26(25)21-33/h4-9,11-16,19,28H,10,17-18,20-22H2,1-3H3,(H,32,35)/t28-/m0/s1. The second kappa shape index (κ2) is 12.6. The van der Waals surface area contributed by atoms with Crippen molar-refractivity contribution in [1.29, 1.82) is 0 Å². The van der Waals surface area contributed by atoms with Crippen molar-refractivity contribution in [2.75, 3.05) is 13.2 Å². The molecule has 0 spiro atoms. The van der Waals surface area contributed by atoms with Crippen LogP contribution < -0.4 is 10.1 Å². The predicted octanol–water partition coefficient (Wildman–Crippen LogP) is 5.78. The summed E-state index contributed by atoms with van der Waals surface area (Å²) < 4.78 is 17.0. The van der Waals surface area contributed by atoms with Crippen LogP contribution in [0.2, 0.25) is 0 Å². The van der Waals surface area contributed by atoms with Gasteiger partial charge in [0.15, 0.2) is 0 Å². The molecule has 3 aromatic rings. The lowest BCUT2D eigenvalue weighted by molar-refractivity contribution is -0.152. The maximum Gasteiger partial charge on any atom is 0.407 e. The van der Waals surface area contributed by atoms with E-state index in [0.29, 0.717) is 38.4 Å². The zero-order chi connectivity index (χ0) is 27.0. The quantitative estimate of drug-likeness (QED) is 0.272. The van der Waals surface area contributed by atoms with Crippen LogP contribution in [0, 0.1) is 0 Å². The van der Waals surface area contributed by atoms with Crippen molar-refractivity contribution in [2.24, 2.45) is 0 Å². The summed E-state index contributed by atoms with van der Waals surface area (Å²) in [5.41, 5.74) is 3.68. The molecule has 7 heteroatoms. The molecule has 4 rings (SSSR count). The Hall–Kier alpha value is -3.84. The fourth-order valence-corrected chi connectivity index (χ4v) is 4.39. The normalized spacial score (nSPS) is 13.9. The van der Waals surface area contributed by atoms with Gasteiger partial charge in [0.1, 0.15) is 24.0 Å². The fourth-order valence-electron chi connectivity index (χ4n) is 4.39. The summed E-state index contributed by atoms with van der Waals surface area (Å²) in [6.45, 7) is 7.90. The Bertz CT molecular complexity index is 1200. The van der Waals surface area contributed by atoms with Gasteiger partial charge in [-0.05, 0) is 61.6 Å². The molecule has 1 aliphatic heterocycles. The molecular formula is C31H36N2O5. The molecule has 0 bridgehead atoms. The number of ether oxygens (including phenoxy) is 3. The van der Waals surface area contributed by atoms with Crippen LogP contribution in [0.4, 0.5) is 4.79 Å². The van der Waals surface area contributed by atoms with Crippen LogP contribution in [0.5, 0.6) is 5.75 Å². The van der Waals surface area contributed by atoms with Gasteiger partial charge in [-0.3, -0.25) is 4.90 Å². The third-order valence-electron chi connectivity index (χ3n) is 6.11. The van der Waals surface area contributed by atoms with E-state index in [1.807, 2.05) is 87.5 Å². The van der Waals surface area contributed by atoms with E-state index in [1.54, 1.807) is 0 Å². The first-order valence-electron chi connectivity index (χ1n) is 13.0. The third-order valence-corrected chi connectivity index (χ3v) is 6.11. The summed E-state index contributed by atoms with van der Waals surface area (Å²) in [7, 11) is 0. The highest BCUT2D eigenvalue weighted by atomic mass is 16.6. The second-order valence-electron chi connectivity index (χ2n) is 10.4. The smallest absolute Gasteiger partial charge is 0.407 e. The molecule has 1 N–H and O–H groups in total. The minimum Gasteiger partial charge on any atom is -0.494 e. The molecule has 0 aliphatic carbocycles. The Morgan fingerprint density at radius 3 is 2.29 bits per heavy atom. The van der Waals surface area contributed by atoms with Crippen molar-refractivity contribution in [2.45, 2.75) is 58.5 Å². The lowest BCUT2D eigenvalue weighted by atomic mass is 10.0. The Kier molecular flexibility index (Phi) is 9.02. The molecule has 200 valence electrons. The number of amides is 1. The number of carbonyl (C=O) groups is 2. The molecule has 0 fully saturated rings. The van der Waals surface area contributed by atoms with Gasteiger partial charge in [-0.1, -0.05) is 66.7 Å². The van der Waals surface area contributed by atoms with Gasteiger partial charge in [-0.25, -0.2) is 9.59 Å². The summed E-state index contributed by atoms with van der Waals surface area (Å²) in [5, 5.41) is 2.73. The van der Waals surface area contributed by atoms with Gasteiger partial charge in [0.05, 0.1) is 6.61 Å². The summed E-state index contributed by atoms with van der Waals surface area (Å²) in [6, 6.07) is 25.0. The van der Waals surface area contributed by atoms with Crippen LogP contribution in [-0.2, 0) is 34.0 Å². The van der Waals surface area contributed by atoms with Crippen LogP contribution in [-0.4, -0.2) is 35.7 Å². The Morgan fingerprint density at radius 2 is 1.61 bits per heavy atom. The van der Waals surface area contributed by atoms with Crippen molar-refractivity contribution in [3.63, 3.8) is 0 Å². The highest BCUT2D eigenvalue weighted by molar-refractivity contribution is 5.78. The van der Waals surface area contributed by atoms with Gasteiger partial charge >= 0.3 is 12.1 Å². The molecule has 1 aliphatic rings. The van der Waals surface area contributed by atoms with Crippen molar-refractivity contribution in [3.05, 3.63) is 101 Å². The zero-order valence-corrected chi connectivity index (χ0v) is 22.3. The van der Waals surface area contributed by atoms with E-state index in [4.69, 9.17) is 14.2 Å². The molecule has 7 nitrogen and oxygen atoms in total. The van der Waals surface area contributed by atoms with Crippen LogP contribution in [0.15, 0.2) is 78.9 Å². The van der Waals surface area contributed by atoms with E-state index in [2.05, 4.69) is 22.3 Å². The fraction of sp³-hybridized carbons (Fsp3) is 0.355. The van der Waals surface area contributed by atoms with Crippen LogP contribution >= 0.6 is 0 Å². The highest BCUT2D eigenvalue weighted by Crippen LogP contribution is 2.33. The van der Waals surface area contributed by atoms with Crippen LogP contribution in [0.1, 0.15) is 55.5 Å². The van der Waals surface area contributed by atoms with Crippen LogP contribution in [0.25, 0.3) is 0 Å². The van der Waals surface area contributed by atoms with Crippen molar-refractivity contribution >= 4 is 12.1 Å². The minimum absolute atomic E-state index is 0.220. The number of hydrogen-bond acceptors (Lipinski definition) is 6. The van der Waals surface area contributed by atoms with Crippen molar-refractivity contribution in [3.8, 4) is 5.75 Å². The van der Waals surface area contributed by atoms with E-state index in [1.165, 1.54) is 11.1 Å². The lowest BCUT2D eigenvalue weighted by Crippen LogP contribution is -2.33. The van der Waals surface area contributed by atoms with Crippen LogP contribution in [0.3, 0.4) is 0 Å². The maximum atomic E-state index is 13.5. The molecule has 3 aromatic carbocycles. The number of rotatable bonds is 10. The van der Waals surface area contributed by atoms with E-state index in [-0.39, 0.29) is 12.6 Å². The number of esters is 1. The molecule has 1 atom stereocenters. The number of nitrogens with one attached hydrogen (secondary N) is 1. The molecule has 0 saturated heterocycles. The molecule has 1 amide bonds. The monoisotopic (exact) mass is 516 g/mol. The van der Waals surface area contributed by atoms with E-state index >= 15 is 0 Å². The lowest BCUT2D eigenvalue weighted by Gasteiger charge is -2.26. The molecule has 0 unspecified atom stereocenters. The SMILES string of the molecule is CC(C)(C)OC(=O)NCCCOc1cccc([C@@H](C(=O)OCc2ccccc2)N2Cc3ccccc3C2)c1. The topological polar surface area (TPSA) is 77.1 Å². The average molecular weight is 517 g/mol. The number of hydrogen-bond donors (Lipinski definition) is 1. The van der Waals surface area contributed by atoms with Gasteiger partial charge in [0, 0.05) is 19.6 Å². The molecule has 0 aromatic heterocycles. The van der Waals surface area contributed by atoms with Crippen molar-refractivity contribution < 1.29 is 23.8 Å². The summed E-state index contributed by atoms with van der Waals surface area (Å²) in [6.07, 6.45) is 0.177. The summed E-state index contributed by atoms with van der Waals surface area (Å²) >= 11 is 0. The molecule has 38 heavy (non-hydrogen) atoms. The van der Waals surface area contributed by atoms with Gasteiger partial charge in [-0.2, -0.15) is 0 Å². The molecule has 1 heterocycles. The van der Waals surface area contributed by atoms with Gasteiger partial charge in [-0.15, -0.1) is 0 Å². The number of nitrogens with zero attached hydrogens (tertiary/aromatic N) is 1. The van der Waals surface area contributed by atoms with E-state index < -0.39 is 17.7 Å². The number of benzene rings is 3. The summed E-state index contributed by atoms with van der Waals surface area (Å²) in [5.74, 6) is 0.373.